The topological polar surface area (TPSA) is 79.3 Å². The summed E-state index contributed by atoms with van der Waals surface area (Å²) in [4.78, 5) is 28.0. The molecule has 5 nitrogen and oxygen atoms in total. The van der Waals surface area contributed by atoms with Gasteiger partial charge in [-0.15, -0.1) is 0 Å². The van der Waals surface area contributed by atoms with Crippen LogP contribution in [0.25, 0.3) is 10.9 Å². The molecule has 0 spiro atoms. The maximum atomic E-state index is 12.5. The van der Waals surface area contributed by atoms with E-state index in [4.69, 9.17) is 5.11 Å². The molecule has 6 heteroatoms. The summed E-state index contributed by atoms with van der Waals surface area (Å²) in [6, 6.07) is 7.34. The maximum absolute atomic E-state index is 12.5. The second-order valence-corrected chi connectivity index (χ2v) is 7.08. The predicted molar refractivity (Wildman–Crippen MR) is 92.5 cm³/mol. The van der Waals surface area contributed by atoms with Crippen molar-refractivity contribution in [2.45, 2.75) is 27.2 Å². The Labute approximate surface area is 143 Å². The van der Waals surface area contributed by atoms with Gasteiger partial charge in [0.15, 0.2) is 0 Å². The number of nitrogens with zero attached hydrogens (tertiary/aromatic N) is 1. The van der Waals surface area contributed by atoms with Crippen molar-refractivity contribution in [1.29, 1.82) is 0 Å². The molecule has 122 valence electrons. The second-order valence-electron chi connectivity index (χ2n) is 6.17. The van der Waals surface area contributed by atoms with Gasteiger partial charge < -0.3 is 10.4 Å². The van der Waals surface area contributed by atoms with Gasteiger partial charge in [0.25, 0.3) is 5.91 Å². The van der Waals surface area contributed by atoms with Gasteiger partial charge in [-0.1, -0.05) is 15.9 Å². The van der Waals surface area contributed by atoms with Gasteiger partial charge in [0.2, 0.25) is 0 Å². The van der Waals surface area contributed by atoms with Crippen molar-refractivity contribution in [3.8, 4) is 0 Å². The van der Waals surface area contributed by atoms with E-state index in [0.29, 0.717) is 18.5 Å². The first-order valence-electron chi connectivity index (χ1n) is 7.29. The SMILES string of the molecule is Cc1cc(C(=O)NCCC(C)(C)C(=O)O)c2cc(Br)ccc2n1. The number of halogens is 1. The number of hydrogen-bond donors (Lipinski definition) is 2. The van der Waals surface area contributed by atoms with Gasteiger partial charge in [-0.2, -0.15) is 0 Å². The van der Waals surface area contributed by atoms with Gasteiger partial charge in [-0.3, -0.25) is 14.6 Å². The Morgan fingerprint density at radius 2 is 2.00 bits per heavy atom. The van der Waals surface area contributed by atoms with Gasteiger partial charge in [0.1, 0.15) is 0 Å². The van der Waals surface area contributed by atoms with Gasteiger partial charge in [-0.25, -0.2) is 0 Å². The van der Waals surface area contributed by atoms with E-state index in [-0.39, 0.29) is 5.91 Å². The molecule has 2 N–H and O–H groups in total. The Bertz CT molecular complexity index is 772. The van der Waals surface area contributed by atoms with Crippen molar-refractivity contribution >= 4 is 38.7 Å². The zero-order valence-corrected chi connectivity index (χ0v) is 14.9. The first-order chi connectivity index (χ1) is 10.7. The third-order valence-corrected chi connectivity index (χ3v) is 4.25. The number of nitrogens with one attached hydrogen (secondary N) is 1. The molecule has 1 amide bonds. The Hall–Kier alpha value is -1.95. The summed E-state index contributed by atoms with van der Waals surface area (Å²) < 4.78 is 0.872. The lowest BCUT2D eigenvalue weighted by Crippen LogP contribution is -2.32. The van der Waals surface area contributed by atoms with Crippen molar-refractivity contribution in [3.05, 3.63) is 40.0 Å². The molecule has 0 saturated heterocycles. The van der Waals surface area contributed by atoms with Gasteiger partial charge in [-0.05, 0) is 51.5 Å². The lowest BCUT2D eigenvalue weighted by Gasteiger charge is -2.19. The summed E-state index contributed by atoms with van der Waals surface area (Å²) in [5.41, 5.74) is 1.19. The highest BCUT2D eigenvalue weighted by Crippen LogP contribution is 2.23. The molecule has 0 saturated carbocycles. The minimum absolute atomic E-state index is 0.222. The van der Waals surface area contributed by atoms with E-state index in [1.165, 1.54) is 0 Å². The molecule has 23 heavy (non-hydrogen) atoms. The van der Waals surface area contributed by atoms with Crippen LogP contribution in [0.15, 0.2) is 28.7 Å². The highest BCUT2D eigenvalue weighted by Gasteiger charge is 2.26. The van der Waals surface area contributed by atoms with E-state index >= 15 is 0 Å². The number of pyridine rings is 1. The monoisotopic (exact) mass is 378 g/mol. The molecule has 1 heterocycles. The Morgan fingerprint density at radius 3 is 2.65 bits per heavy atom. The van der Waals surface area contributed by atoms with E-state index in [2.05, 4.69) is 26.2 Å². The Kier molecular flexibility index (Phi) is 5.04. The van der Waals surface area contributed by atoms with Crippen molar-refractivity contribution in [3.63, 3.8) is 0 Å². The number of rotatable bonds is 5. The normalized spacial score (nSPS) is 11.5. The molecule has 1 aromatic heterocycles. The van der Waals surface area contributed by atoms with E-state index in [1.807, 2.05) is 25.1 Å². The highest BCUT2D eigenvalue weighted by atomic mass is 79.9. The number of aliphatic carboxylic acids is 1. The van der Waals surface area contributed by atoms with Crippen molar-refractivity contribution < 1.29 is 14.7 Å². The number of benzene rings is 1. The summed E-state index contributed by atoms with van der Waals surface area (Å²) in [7, 11) is 0. The number of carboxylic acids is 1. The first-order valence-corrected chi connectivity index (χ1v) is 8.08. The van der Waals surface area contributed by atoms with Gasteiger partial charge in [0, 0.05) is 22.1 Å². The average molecular weight is 379 g/mol. The van der Waals surface area contributed by atoms with Gasteiger partial charge in [0.05, 0.1) is 16.5 Å². The van der Waals surface area contributed by atoms with Crippen molar-refractivity contribution in [2.24, 2.45) is 5.41 Å². The number of fused-ring (bicyclic) bond motifs is 1. The van der Waals surface area contributed by atoms with Crippen LogP contribution >= 0.6 is 15.9 Å². The zero-order valence-electron chi connectivity index (χ0n) is 13.3. The molecule has 0 aliphatic rings. The fourth-order valence-corrected chi connectivity index (χ4v) is 2.57. The zero-order chi connectivity index (χ0) is 17.2. The molecule has 0 aliphatic heterocycles. The third-order valence-electron chi connectivity index (χ3n) is 3.76. The number of amides is 1. The predicted octanol–water partition coefficient (Wildman–Crippen LogP) is 3.54. The number of carboxylic acid groups (broad SMARTS) is 1. The fraction of sp³-hybridized carbons (Fsp3) is 0.353. The van der Waals surface area contributed by atoms with Crippen LogP contribution in [0.4, 0.5) is 0 Å². The number of hydrogen-bond acceptors (Lipinski definition) is 3. The van der Waals surface area contributed by atoms with Crippen LogP contribution in [-0.4, -0.2) is 28.5 Å². The van der Waals surface area contributed by atoms with Crippen LogP contribution in [0.1, 0.15) is 36.3 Å². The van der Waals surface area contributed by atoms with E-state index in [0.717, 1.165) is 21.1 Å². The maximum Gasteiger partial charge on any atom is 0.309 e. The number of carbonyl (C=O) groups excluding carboxylic acids is 1. The third kappa shape index (κ3) is 4.07. The lowest BCUT2D eigenvalue weighted by atomic mass is 9.89. The summed E-state index contributed by atoms with van der Waals surface area (Å²) in [5, 5.41) is 12.7. The van der Waals surface area contributed by atoms with Crippen LogP contribution in [0.5, 0.6) is 0 Å². The van der Waals surface area contributed by atoms with Crippen LogP contribution in [-0.2, 0) is 4.79 Å². The number of carbonyl (C=O) groups is 2. The van der Waals surface area contributed by atoms with Crippen LogP contribution in [0.2, 0.25) is 0 Å². The molecule has 1 aromatic carbocycles. The van der Waals surface area contributed by atoms with Crippen LogP contribution in [0, 0.1) is 12.3 Å². The summed E-state index contributed by atoms with van der Waals surface area (Å²) in [6.07, 6.45) is 0.361. The minimum atomic E-state index is -0.874. The summed E-state index contributed by atoms with van der Waals surface area (Å²) >= 11 is 3.40. The number of aromatic nitrogens is 1. The lowest BCUT2D eigenvalue weighted by molar-refractivity contribution is -0.147. The second kappa shape index (κ2) is 6.66. The standard InChI is InChI=1S/C17H19BrN2O3/c1-10-8-13(12-9-11(18)4-5-14(12)20-10)15(21)19-7-6-17(2,3)16(22)23/h4-5,8-9H,6-7H2,1-3H3,(H,19,21)(H,22,23). The van der Waals surface area contributed by atoms with E-state index < -0.39 is 11.4 Å². The van der Waals surface area contributed by atoms with Gasteiger partial charge >= 0.3 is 5.97 Å². The number of aryl methyl sites for hydroxylation is 1. The van der Waals surface area contributed by atoms with E-state index in [1.54, 1.807) is 19.9 Å². The van der Waals surface area contributed by atoms with Crippen LogP contribution < -0.4 is 5.32 Å². The fourth-order valence-electron chi connectivity index (χ4n) is 2.21. The average Bonchev–Trinajstić information content (AvgIpc) is 2.46. The first kappa shape index (κ1) is 17.4. The van der Waals surface area contributed by atoms with E-state index in [9.17, 15) is 9.59 Å². The quantitative estimate of drug-likeness (QED) is 0.833. The molecule has 0 bridgehead atoms. The molecule has 0 radical (unpaired) electrons. The van der Waals surface area contributed by atoms with Crippen molar-refractivity contribution in [1.82, 2.24) is 10.3 Å². The van der Waals surface area contributed by atoms with Crippen molar-refractivity contribution in [2.75, 3.05) is 6.54 Å². The molecule has 2 aromatic rings. The summed E-state index contributed by atoms with van der Waals surface area (Å²) in [6.45, 7) is 5.43. The smallest absolute Gasteiger partial charge is 0.309 e. The molecule has 0 atom stereocenters. The largest absolute Gasteiger partial charge is 0.481 e. The van der Waals surface area contributed by atoms with Crippen LogP contribution in [0.3, 0.4) is 0 Å². The molecular formula is C17H19BrN2O3. The molecular weight excluding hydrogens is 360 g/mol. The molecule has 2 rings (SSSR count). The Morgan fingerprint density at radius 1 is 1.30 bits per heavy atom. The highest BCUT2D eigenvalue weighted by molar-refractivity contribution is 9.10. The molecule has 0 unspecified atom stereocenters. The minimum Gasteiger partial charge on any atom is -0.481 e. The molecule has 0 fully saturated rings. The Balaban J connectivity index is 2.21. The summed E-state index contributed by atoms with van der Waals surface area (Å²) in [5.74, 6) is -1.10. The molecule has 0 aliphatic carbocycles.